The fourth-order valence-electron chi connectivity index (χ4n) is 0.783. The van der Waals surface area contributed by atoms with Gasteiger partial charge in [-0.2, -0.15) is 4.72 Å². The molecule has 2 N–H and O–H groups in total. The predicted molar refractivity (Wildman–Crippen MR) is 56.7 cm³/mol. The number of carboxylic acids is 1. The van der Waals surface area contributed by atoms with Crippen LogP contribution in [0.25, 0.3) is 0 Å². The van der Waals surface area contributed by atoms with E-state index in [1.54, 1.807) is 0 Å². The van der Waals surface area contributed by atoms with Gasteiger partial charge in [0.25, 0.3) is 10.0 Å². The summed E-state index contributed by atoms with van der Waals surface area (Å²) in [5.41, 5.74) is 0. The summed E-state index contributed by atoms with van der Waals surface area (Å²) >= 11 is 6.45. The zero-order valence-electron chi connectivity index (χ0n) is 7.60. The molecule has 0 aliphatic rings. The van der Waals surface area contributed by atoms with E-state index in [2.05, 4.69) is 0 Å². The molecular weight excluding hydrogens is 262 g/mol. The maximum Gasteiger partial charge on any atom is 0.321 e. The lowest BCUT2D eigenvalue weighted by Gasteiger charge is -2.07. The van der Waals surface area contributed by atoms with Gasteiger partial charge in [-0.05, 0) is 19.1 Å². The molecule has 0 bridgehead atoms. The zero-order chi connectivity index (χ0) is 11.6. The van der Waals surface area contributed by atoms with E-state index in [1.165, 1.54) is 19.1 Å². The van der Waals surface area contributed by atoms with Gasteiger partial charge in [0.05, 0.1) is 4.34 Å². The maximum absolute atomic E-state index is 11.5. The third-order valence-electron chi connectivity index (χ3n) is 1.52. The topological polar surface area (TPSA) is 83.5 Å². The van der Waals surface area contributed by atoms with Crippen molar-refractivity contribution in [2.45, 2.75) is 17.2 Å². The maximum atomic E-state index is 11.5. The Morgan fingerprint density at radius 3 is 2.60 bits per heavy atom. The minimum atomic E-state index is -3.78. The molecule has 0 aromatic carbocycles. The third kappa shape index (κ3) is 3.16. The van der Waals surface area contributed by atoms with Crippen LogP contribution in [0, 0.1) is 0 Å². The van der Waals surface area contributed by atoms with E-state index in [1.807, 2.05) is 4.72 Å². The highest BCUT2D eigenvalue weighted by Gasteiger charge is 2.22. The molecule has 8 heteroatoms. The number of halogens is 1. The Bertz CT molecular complexity index is 467. The average Bonchev–Trinajstić information content (AvgIpc) is 2.51. The van der Waals surface area contributed by atoms with E-state index in [9.17, 15) is 13.2 Å². The highest BCUT2D eigenvalue weighted by Crippen LogP contribution is 2.25. The SMILES string of the molecule is CC(NS(=O)(=O)c1ccc(Cl)s1)C(=O)O. The highest BCUT2D eigenvalue weighted by atomic mass is 35.5. The van der Waals surface area contributed by atoms with E-state index < -0.39 is 22.0 Å². The van der Waals surface area contributed by atoms with Crippen molar-refractivity contribution in [2.24, 2.45) is 0 Å². The van der Waals surface area contributed by atoms with Crippen LogP contribution in [-0.2, 0) is 14.8 Å². The van der Waals surface area contributed by atoms with Crippen molar-refractivity contribution in [1.82, 2.24) is 4.72 Å². The number of carboxylic acid groups (broad SMARTS) is 1. The number of rotatable bonds is 4. The summed E-state index contributed by atoms with van der Waals surface area (Å²) in [4.78, 5) is 10.5. The zero-order valence-corrected chi connectivity index (χ0v) is 9.99. The smallest absolute Gasteiger partial charge is 0.321 e. The van der Waals surface area contributed by atoms with Crippen LogP contribution in [0.2, 0.25) is 4.34 Å². The summed E-state index contributed by atoms with van der Waals surface area (Å²) in [6, 6.07) is 1.59. The summed E-state index contributed by atoms with van der Waals surface area (Å²) < 4.78 is 25.4. The van der Waals surface area contributed by atoms with Gasteiger partial charge in [0, 0.05) is 0 Å². The number of hydrogen-bond donors (Lipinski definition) is 2. The monoisotopic (exact) mass is 269 g/mol. The molecule has 15 heavy (non-hydrogen) atoms. The molecule has 0 spiro atoms. The number of carbonyl (C=O) groups is 1. The Balaban J connectivity index is 2.90. The number of hydrogen-bond acceptors (Lipinski definition) is 4. The Morgan fingerprint density at radius 1 is 1.60 bits per heavy atom. The molecule has 0 aliphatic heterocycles. The highest BCUT2D eigenvalue weighted by molar-refractivity contribution is 7.91. The minimum absolute atomic E-state index is 0.000556. The van der Waals surface area contributed by atoms with Gasteiger partial charge < -0.3 is 5.11 Å². The van der Waals surface area contributed by atoms with Crippen LogP contribution in [0.4, 0.5) is 0 Å². The van der Waals surface area contributed by atoms with E-state index in [-0.39, 0.29) is 4.21 Å². The van der Waals surface area contributed by atoms with Crippen molar-refractivity contribution >= 4 is 38.9 Å². The molecule has 0 saturated carbocycles. The van der Waals surface area contributed by atoms with Crippen molar-refractivity contribution in [3.05, 3.63) is 16.5 Å². The van der Waals surface area contributed by atoms with Gasteiger partial charge in [-0.15, -0.1) is 11.3 Å². The van der Waals surface area contributed by atoms with Crippen LogP contribution in [-0.4, -0.2) is 25.5 Å². The van der Waals surface area contributed by atoms with Crippen molar-refractivity contribution in [3.63, 3.8) is 0 Å². The molecule has 1 unspecified atom stereocenters. The first-order valence-electron chi connectivity index (χ1n) is 3.83. The van der Waals surface area contributed by atoms with Crippen LogP contribution in [0.5, 0.6) is 0 Å². The van der Waals surface area contributed by atoms with Gasteiger partial charge in [-0.25, -0.2) is 8.42 Å². The molecule has 0 aliphatic carbocycles. The van der Waals surface area contributed by atoms with E-state index in [0.29, 0.717) is 4.34 Å². The largest absolute Gasteiger partial charge is 0.480 e. The van der Waals surface area contributed by atoms with E-state index in [0.717, 1.165) is 11.3 Å². The second-order valence-electron chi connectivity index (χ2n) is 2.74. The first-order valence-corrected chi connectivity index (χ1v) is 6.51. The number of sulfonamides is 1. The molecule has 0 fully saturated rings. The van der Waals surface area contributed by atoms with Gasteiger partial charge in [-0.1, -0.05) is 11.6 Å². The Kier molecular flexibility index (Phi) is 3.72. The Hall–Kier alpha value is -0.630. The Labute approximate surface area is 95.7 Å². The summed E-state index contributed by atoms with van der Waals surface area (Å²) in [6.07, 6.45) is 0. The van der Waals surface area contributed by atoms with Gasteiger partial charge >= 0.3 is 5.97 Å². The Morgan fingerprint density at radius 2 is 2.20 bits per heavy atom. The van der Waals surface area contributed by atoms with Crippen LogP contribution >= 0.6 is 22.9 Å². The first kappa shape index (κ1) is 12.4. The molecule has 1 aromatic heterocycles. The molecule has 5 nitrogen and oxygen atoms in total. The molecule has 0 saturated heterocycles. The van der Waals surface area contributed by atoms with E-state index in [4.69, 9.17) is 16.7 Å². The first-order chi connectivity index (χ1) is 6.83. The van der Waals surface area contributed by atoms with Gasteiger partial charge in [0.2, 0.25) is 0 Å². The summed E-state index contributed by atoms with van der Waals surface area (Å²) in [7, 11) is -3.78. The second-order valence-corrected chi connectivity index (χ2v) is 6.40. The molecule has 1 atom stereocenters. The van der Waals surface area contributed by atoms with Crippen LogP contribution in [0.3, 0.4) is 0 Å². The standard InChI is InChI=1S/C7H8ClNO4S2/c1-4(7(10)11)9-15(12,13)6-3-2-5(8)14-6/h2-4,9H,1H3,(H,10,11). The lowest BCUT2D eigenvalue weighted by Crippen LogP contribution is -2.37. The number of thiophene rings is 1. The fraction of sp³-hybridized carbons (Fsp3) is 0.286. The third-order valence-corrected chi connectivity index (χ3v) is 4.78. The van der Waals surface area contributed by atoms with Crippen molar-refractivity contribution in [3.8, 4) is 0 Å². The van der Waals surface area contributed by atoms with Crippen molar-refractivity contribution in [1.29, 1.82) is 0 Å². The molecule has 1 heterocycles. The lowest BCUT2D eigenvalue weighted by atomic mass is 10.4. The fourth-order valence-corrected chi connectivity index (χ4v) is 3.48. The van der Waals surface area contributed by atoms with Gasteiger partial charge in [0.15, 0.2) is 0 Å². The number of nitrogens with one attached hydrogen (secondary N) is 1. The van der Waals surface area contributed by atoms with E-state index >= 15 is 0 Å². The lowest BCUT2D eigenvalue weighted by molar-refractivity contribution is -0.138. The summed E-state index contributed by atoms with van der Waals surface area (Å²) in [5.74, 6) is -1.23. The van der Waals surface area contributed by atoms with Gasteiger partial charge in [0.1, 0.15) is 10.3 Å². The molecule has 0 radical (unpaired) electrons. The second kappa shape index (κ2) is 4.48. The van der Waals surface area contributed by atoms with Crippen molar-refractivity contribution < 1.29 is 18.3 Å². The van der Waals surface area contributed by atoms with Crippen LogP contribution < -0.4 is 4.72 Å². The molecule has 0 amide bonds. The minimum Gasteiger partial charge on any atom is -0.480 e. The van der Waals surface area contributed by atoms with Gasteiger partial charge in [-0.3, -0.25) is 4.79 Å². The molecular formula is C7H8ClNO4S2. The number of aliphatic carboxylic acids is 1. The molecule has 1 aromatic rings. The summed E-state index contributed by atoms with van der Waals surface area (Å²) in [6.45, 7) is 1.25. The molecule has 1 rings (SSSR count). The van der Waals surface area contributed by atoms with Crippen LogP contribution in [0.1, 0.15) is 6.92 Å². The van der Waals surface area contributed by atoms with Crippen molar-refractivity contribution in [2.75, 3.05) is 0 Å². The quantitative estimate of drug-likeness (QED) is 0.859. The predicted octanol–water partition coefficient (Wildman–Crippen LogP) is 1.15. The van der Waals surface area contributed by atoms with Crippen LogP contribution in [0.15, 0.2) is 16.3 Å². The average molecular weight is 270 g/mol. The molecule has 84 valence electrons. The normalized spacial score (nSPS) is 13.7. The summed E-state index contributed by atoms with van der Waals surface area (Å²) in [5, 5.41) is 8.55.